The average molecular weight is 1930 g/mol. The van der Waals surface area contributed by atoms with Gasteiger partial charge in [0.2, 0.25) is 11.7 Å². The van der Waals surface area contributed by atoms with E-state index in [4.69, 9.17) is 32.5 Å². The second-order valence-electron chi connectivity index (χ2n) is 34.8. The zero-order valence-electron chi connectivity index (χ0n) is 78.5. The number of aromatic nitrogens is 5. The topological polar surface area (TPSA) is 277 Å². The fourth-order valence-electron chi connectivity index (χ4n) is 19.4. The maximum absolute atomic E-state index is 14.2. The first-order valence-corrected chi connectivity index (χ1v) is 47.7. The van der Waals surface area contributed by atoms with E-state index in [9.17, 15) is 56.9 Å². The number of phenolic OH excluding ortho intramolecular Hbond substituents is 1. The molecule has 17 rings (SSSR count). The van der Waals surface area contributed by atoms with E-state index in [1.54, 1.807) is 122 Å². The van der Waals surface area contributed by atoms with Crippen LogP contribution in [-0.2, 0) is 41.4 Å². The van der Waals surface area contributed by atoms with Crippen LogP contribution >= 0.6 is 0 Å². The van der Waals surface area contributed by atoms with Crippen molar-refractivity contribution in [3.63, 3.8) is 0 Å². The van der Waals surface area contributed by atoms with Gasteiger partial charge in [-0.3, -0.25) is 48.8 Å². The standard InChI is InChI=1S/C29H37FN2O4Si.C28H33FN2O4Si.C20H17FN2O3.C20H15FN2O3.C4H8O.CH3.BrH.Mg/c1-17(2)37(18(3)4,19(5)6)36-27-23-24(26(35-8)22-10-9-15-31-25(22)27)29(7,34)32(28(23)33)16-20-11-13-21(30)14-12-20;1-16(2)36(17(3)4,18(5)6)35-26-23-22(25(34-7)21-9-8-14-30-24(21)26)27(32)31(28(23)33)15-19-10-12-20(29)13-11-19;2*1-11-15-16(18(24)17-14(19(15)26-2)4-3-9-22-17)20(25)23(11)10-12-5-7-13(21)8-6-12;1-2-4-5-3-1;;;/h9-15,17-19,34H,16H2,1-8H3;8-14,16-18H,15H2,1-7H3;3-9,11,24H,10H2,1-2H3;3-9,25H,1,10H2,2H3;1-4H2;1H3;1H;/q;;;;;-1;;+2/p-1. The van der Waals surface area contributed by atoms with E-state index in [0.29, 0.717) is 112 Å². The molecular formula is C102H113BrF4MgN8O15Si2. The van der Waals surface area contributed by atoms with Gasteiger partial charge in [0.15, 0.2) is 11.5 Å². The Morgan fingerprint density at radius 1 is 0.481 bits per heavy atom. The predicted octanol–water partition coefficient (Wildman–Crippen LogP) is 16.7. The Labute approximate surface area is 801 Å². The summed E-state index contributed by atoms with van der Waals surface area (Å²) < 4.78 is 96.5. The molecule has 4 aliphatic heterocycles. The molecule has 9 heterocycles. The maximum Gasteiger partial charge on any atom is 2.00 e. The molecule has 23 nitrogen and oxygen atoms in total. The van der Waals surface area contributed by atoms with Crippen LogP contribution in [-0.4, -0.2) is 165 Å². The summed E-state index contributed by atoms with van der Waals surface area (Å²) in [6, 6.07) is 37.6. The van der Waals surface area contributed by atoms with Gasteiger partial charge in [0, 0.05) is 83.7 Å². The van der Waals surface area contributed by atoms with Crippen LogP contribution < -0.4 is 50.6 Å². The number of rotatable bonds is 22. The van der Waals surface area contributed by atoms with Crippen molar-refractivity contribution in [1.82, 2.24) is 39.2 Å². The Hall–Kier alpha value is -11.6. The van der Waals surface area contributed by atoms with Crippen LogP contribution in [0.4, 0.5) is 17.6 Å². The smallest absolute Gasteiger partial charge is 1.00 e. The summed E-state index contributed by atoms with van der Waals surface area (Å²) in [4.78, 5) is 89.4. The molecule has 12 aromatic rings. The fraction of sp³-hybridized carbons (Fsp3) is 0.333. The monoisotopic (exact) mass is 1920 g/mol. The Balaban J connectivity index is 0.000000181. The summed E-state index contributed by atoms with van der Waals surface area (Å²) in [7, 11) is 1.03. The Morgan fingerprint density at radius 2 is 0.872 bits per heavy atom. The number of fused-ring (bicyclic) bond motifs is 8. The molecule has 2 unspecified atom stereocenters. The Morgan fingerprint density at radius 3 is 1.30 bits per heavy atom. The van der Waals surface area contributed by atoms with Crippen molar-refractivity contribution in [2.45, 2.75) is 181 Å². The molecule has 696 valence electrons. The van der Waals surface area contributed by atoms with Crippen LogP contribution in [0.15, 0.2) is 170 Å². The number of amides is 4. The number of aromatic hydroxyl groups is 2. The number of halogens is 5. The first-order chi connectivity index (χ1) is 62.0. The molecule has 5 aliphatic rings. The minimum absolute atomic E-state index is 0. The Bertz CT molecular complexity index is 6400. The van der Waals surface area contributed by atoms with Crippen molar-refractivity contribution in [1.29, 1.82) is 0 Å². The van der Waals surface area contributed by atoms with Gasteiger partial charge in [-0.2, -0.15) is 0 Å². The van der Waals surface area contributed by atoms with Gasteiger partial charge in [0.25, 0.3) is 40.3 Å². The van der Waals surface area contributed by atoms with Gasteiger partial charge in [0.05, 0.1) is 86.2 Å². The van der Waals surface area contributed by atoms with Crippen molar-refractivity contribution in [2.75, 3.05) is 41.7 Å². The summed E-state index contributed by atoms with van der Waals surface area (Å²) in [5.74, 6) is -1.22. The third-order valence-corrected chi connectivity index (χ3v) is 37.4. The number of phenols is 1. The minimum Gasteiger partial charge on any atom is -1.00 e. The maximum atomic E-state index is 14.2. The number of nitrogens with zero attached hydrogens (tertiary/aromatic N) is 8. The van der Waals surface area contributed by atoms with Crippen molar-refractivity contribution < 1.29 is 106 Å². The van der Waals surface area contributed by atoms with Gasteiger partial charge in [-0.05, 0) is 179 Å². The molecule has 0 spiro atoms. The molecule has 2 atom stereocenters. The first kappa shape index (κ1) is 104. The molecule has 0 bridgehead atoms. The number of ether oxygens (including phenoxy) is 5. The molecule has 1 aliphatic carbocycles. The number of ketones is 1. The van der Waals surface area contributed by atoms with Crippen LogP contribution in [0.25, 0.3) is 45.0 Å². The summed E-state index contributed by atoms with van der Waals surface area (Å²) >= 11 is 0. The molecule has 0 radical (unpaired) electrons. The predicted molar refractivity (Wildman–Crippen MR) is 507 cm³/mol. The third kappa shape index (κ3) is 19.3. The van der Waals surface area contributed by atoms with Gasteiger partial charge in [-0.15, -0.1) is 0 Å². The molecule has 31 heteroatoms. The zero-order valence-corrected chi connectivity index (χ0v) is 83.5. The van der Waals surface area contributed by atoms with Gasteiger partial charge in [0.1, 0.15) is 80.0 Å². The molecule has 133 heavy (non-hydrogen) atoms. The Kier molecular flexibility index (Phi) is 33.3. The number of carbonyl (C=O) groups is 5. The van der Waals surface area contributed by atoms with Crippen LogP contribution in [0.5, 0.6) is 40.4 Å². The van der Waals surface area contributed by atoms with E-state index < -0.39 is 34.2 Å². The molecule has 4 amide bonds. The summed E-state index contributed by atoms with van der Waals surface area (Å²) in [5, 5.41) is 36.2. The van der Waals surface area contributed by atoms with E-state index in [0.717, 1.165) is 24.3 Å². The first-order valence-electron chi connectivity index (χ1n) is 43.5. The quantitative estimate of drug-likeness (QED) is 0.0246. The van der Waals surface area contributed by atoms with Gasteiger partial charge in [-0.25, -0.2) is 17.6 Å². The number of benzene rings is 7. The van der Waals surface area contributed by atoms with E-state index in [1.807, 2.05) is 19.1 Å². The summed E-state index contributed by atoms with van der Waals surface area (Å²) in [5.41, 5.74) is 6.99. The number of hydrogen-bond donors (Lipinski definition) is 3. The van der Waals surface area contributed by atoms with E-state index >= 15 is 0 Å². The molecule has 0 saturated carbocycles. The number of pyridine rings is 4. The van der Waals surface area contributed by atoms with Crippen LogP contribution in [0, 0.1) is 30.7 Å². The van der Waals surface area contributed by atoms with E-state index in [2.05, 4.69) is 110 Å². The van der Waals surface area contributed by atoms with Gasteiger partial charge < -0.3 is 86.6 Å². The van der Waals surface area contributed by atoms with Crippen LogP contribution in [0.3, 0.4) is 0 Å². The largest absolute Gasteiger partial charge is 2.00 e. The second kappa shape index (κ2) is 42.7. The second-order valence-corrected chi connectivity index (χ2v) is 45.6. The normalized spacial score (nSPS) is 15.3. The molecular weight excluding hydrogens is 1810 g/mol. The van der Waals surface area contributed by atoms with E-state index in [-0.39, 0.29) is 192 Å². The van der Waals surface area contributed by atoms with E-state index in [1.165, 1.54) is 103 Å². The van der Waals surface area contributed by atoms with Crippen LogP contribution in [0.1, 0.15) is 212 Å². The number of methoxy groups -OCH3 is 4. The van der Waals surface area contributed by atoms with Gasteiger partial charge in [-0.1, -0.05) is 138 Å². The molecule has 3 N–H and O–H groups in total. The number of imide groups is 1. The molecule has 7 aromatic carbocycles. The zero-order chi connectivity index (χ0) is 94.0. The van der Waals surface area contributed by atoms with Crippen molar-refractivity contribution in [3.8, 4) is 40.4 Å². The molecule has 5 aromatic heterocycles. The summed E-state index contributed by atoms with van der Waals surface area (Å²) in [6.45, 7) is 36.3. The fourth-order valence-corrected chi connectivity index (χ4v) is 29.9. The third-order valence-electron chi connectivity index (χ3n) is 25.4. The van der Waals surface area contributed by atoms with Crippen LogP contribution in [0.2, 0.25) is 33.2 Å². The minimum atomic E-state index is -2.51. The number of hydrogen-bond acceptors (Lipinski definition) is 19. The average Bonchev–Trinajstić information content (AvgIpc) is 1.54. The van der Waals surface area contributed by atoms with Crippen molar-refractivity contribution >= 4 is 114 Å². The molecule has 1 saturated heterocycles. The van der Waals surface area contributed by atoms with Crippen molar-refractivity contribution in [2.24, 2.45) is 0 Å². The number of carbonyl (C=O) groups excluding carboxylic acids is 5. The molecule has 1 fully saturated rings. The number of aliphatic hydroxyl groups is 1. The SMILES string of the molecule is C1CCOC1.C=c1c2c(c(O)n1Cc1ccc(F)cc1)C(=O)c1ncccc1C=2OC.COc1c2c(c(O)c3ncccc13)C(=O)N(Cc1ccc(F)cc1)C2C.COc1c2c(c(O[Si](C(C)C)(C(C)C)C(C)C)c3ncccc13)C(=O)N(Cc1ccc(F)cc1)C2(C)O.COc1c2c(c(O[Si](C(C)C)(C(C)C)C(C)C)c3ncccc13)C(=O)N(Cc1ccc(F)cc1)C2=O.[Br-].[CH3-].[Mg+2]. The van der Waals surface area contributed by atoms with Gasteiger partial charge >= 0.3 is 23.1 Å². The van der Waals surface area contributed by atoms with Crippen molar-refractivity contribution in [3.05, 3.63) is 284 Å². The summed E-state index contributed by atoms with van der Waals surface area (Å²) in [6.07, 6.45) is 8.97.